The van der Waals surface area contributed by atoms with Crippen LogP contribution in [0.4, 0.5) is 0 Å². The topological polar surface area (TPSA) is 36.9 Å². The van der Waals surface area contributed by atoms with Gasteiger partial charge in [0, 0.05) is 16.5 Å². The highest BCUT2D eigenvalue weighted by Gasteiger charge is 2.54. The maximum atomic E-state index is 6.89. The molecule has 516 valence electrons. The van der Waals surface area contributed by atoms with E-state index in [0.717, 1.165) is 90.1 Å². The van der Waals surface area contributed by atoms with Crippen molar-refractivity contribution in [2.45, 2.75) is 10.8 Å². The van der Waals surface area contributed by atoms with Gasteiger partial charge in [0.05, 0.1) is 10.8 Å². The average Bonchev–Trinajstić information content (AvgIpc) is 1.40. The lowest BCUT2D eigenvalue weighted by Crippen LogP contribution is -2.57. The Bertz CT molecular complexity index is 7050. The van der Waals surface area contributed by atoms with Crippen LogP contribution in [0.3, 0.4) is 0 Å². The molecule has 0 N–H and O–H groups in total. The molecule has 112 heavy (non-hydrogen) atoms. The number of fused-ring (bicyclic) bond motifs is 31. The van der Waals surface area contributed by atoms with Gasteiger partial charge in [0.1, 0.15) is 46.0 Å². The van der Waals surface area contributed by atoms with Crippen molar-refractivity contribution in [3.63, 3.8) is 0 Å². The first kappa shape index (κ1) is 61.8. The van der Waals surface area contributed by atoms with Crippen LogP contribution in [0.1, 0.15) is 44.5 Å². The molecule has 26 rings (SSSR count). The number of benzene rings is 18. The number of ether oxygens (including phenoxy) is 4. The highest BCUT2D eigenvalue weighted by atomic mass is 16.5. The van der Waals surface area contributed by atoms with Gasteiger partial charge in [0.25, 0.3) is 13.4 Å². The van der Waals surface area contributed by atoms with Crippen LogP contribution in [-0.4, -0.2) is 13.4 Å². The smallest absolute Gasteiger partial charge is 0.260 e. The van der Waals surface area contributed by atoms with Crippen LogP contribution in [0.5, 0.6) is 46.0 Å². The van der Waals surface area contributed by atoms with E-state index < -0.39 is 5.41 Å². The van der Waals surface area contributed by atoms with Crippen molar-refractivity contribution in [3.05, 3.63) is 421 Å². The third-order valence-corrected chi connectivity index (χ3v) is 25.6. The maximum Gasteiger partial charge on any atom is 0.260 e. The molecule has 2 spiro atoms. The highest BCUT2D eigenvalue weighted by molar-refractivity contribution is 6.99. The molecule has 0 fully saturated rings. The fourth-order valence-electron chi connectivity index (χ4n) is 21.2. The maximum absolute atomic E-state index is 6.89. The fourth-order valence-corrected chi connectivity index (χ4v) is 21.2. The minimum Gasteiger partial charge on any atom is -0.458 e. The summed E-state index contributed by atoms with van der Waals surface area (Å²) in [7, 11) is 0. The van der Waals surface area contributed by atoms with Crippen molar-refractivity contribution in [1.82, 2.24) is 0 Å². The molecule has 6 heteroatoms. The molecule has 0 aromatic heterocycles. The quantitative estimate of drug-likeness (QED) is 0.165. The van der Waals surface area contributed by atoms with Gasteiger partial charge in [0.2, 0.25) is 0 Å². The summed E-state index contributed by atoms with van der Waals surface area (Å²) in [5.41, 5.74) is 36.6. The Labute approximate surface area is 648 Å². The molecule has 18 aromatic rings. The molecule has 0 bridgehead atoms. The minimum absolute atomic E-state index is 0.0229. The first-order valence-corrected chi connectivity index (χ1v) is 38.9. The van der Waals surface area contributed by atoms with E-state index >= 15 is 0 Å². The largest absolute Gasteiger partial charge is 0.458 e. The molecule has 0 radical (unpaired) electrons. The fraction of sp³-hybridized carbons (Fsp3) is 0.0189. The third-order valence-electron chi connectivity index (χ3n) is 25.6. The van der Waals surface area contributed by atoms with Crippen molar-refractivity contribution in [2.24, 2.45) is 0 Å². The zero-order chi connectivity index (χ0) is 73.1. The second-order valence-corrected chi connectivity index (χ2v) is 30.9. The van der Waals surface area contributed by atoms with Crippen molar-refractivity contribution in [1.29, 1.82) is 0 Å². The van der Waals surface area contributed by atoms with Gasteiger partial charge in [-0.25, -0.2) is 0 Å². The number of hydrogen-bond donors (Lipinski definition) is 0. The molecule has 18 aromatic carbocycles. The number of hydrogen-bond acceptors (Lipinski definition) is 4. The van der Waals surface area contributed by atoms with E-state index in [1.54, 1.807) is 0 Å². The zero-order valence-corrected chi connectivity index (χ0v) is 60.6. The van der Waals surface area contributed by atoms with E-state index in [0.29, 0.717) is 0 Å². The third kappa shape index (κ3) is 8.32. The van der Waals surface area contributed by atoms with Gasteiger partial charge >= 0.3 is 0 Å². The molecule has 0 amide bonds. The van der Waals surface area contributed by atoms with Crippen LogP contribution in [-0.2, 0) is 10.8 Å². The standard InChI is InChI=1S/2C53H31BO2/c1-2-14-36(40-18-11-23-47-52(40)56-50-26-12-25-49-51(50)54(47)46-22-9-10-24-48(46)55-49)35(13-1)33-28-27-32-31-45-41(30-34(32)29-33)39-17-5-8-21-44(39)53(45)42-19-6-3-15-37(42)38-16-4-7-20-43(38)53;1-2-16-37-32(13-1)26-28-43-51(37)40-27-25-33(29-44(40)53(43)41-19-7-5-17-38(41)39-18-6-8-20-42(39)53)35-14-3-4-15-36(35)34-30-49-52-50(31-34)56-48-24-12-10-22-46(48)54(52)45-21-9-11-23-47(45)55-49/h2*1-31H. The molecule has 8 aliphatic rings. The molecule has 4 nitrogen and oxygen atoms in total. The molecule has 4 heterocycles. The van der Waals surface area contributed by atoms with Crippen molar-refractivity contribution >= 4 is 67.7 Å². The molecule has 0 saturated carbocycles. The molecule has 4 aliphatic carbocycles. The lowest BCUT2D eigenvalue weighted by molar-refractivity contribution is 0.464. The van der Waals surface area contributed by atoms with Crippen LogP contribution in [0.25, 0.3) is 111 Å². The Morgan fingerprint density at radius 1 is 0.188 bits per heavy atom. The van der Waals surface area contributed by atoms with Crippen LogP contribution in [0.15, 0.2) is 376 Å². The van der Waals surface area contributed by atoms with E-state index in [2.05, 4.69) is 358 Å². The molecule has 0 unspecified atom stereocenters. The van der Waals surface area contributed by atoms with Crippen molar-refractivity contribution < 1.29 is 18.9 Å². The Morgan fingerprint density at radius 3 is 1.18 bits per heavy atom. The van der Waals surface area contributed by atoms with Crippen LogP contribution in [0.2, 0.25) is 0 Å². The number of para-hydroxylation sites is 4. The van der Waals surface area contributed by atoms with E-state index in [9.17, 15) is 0 Å². The second kappa shape index (κ2) is 23.2. The van der Waals surface area contributed by atoms with E-state index in [1.165, 1.54) is 144 Å². The summed E-state index contributed by atoms with van der Waals surface area (Å²) in [5.74, 6) is 7.00. The van der Waals surface area contributed by atoms with Gasteiger partial charge in [-0.05, 0) is 238 Å². The van der Waals surface area contributed by atoms with Crippen LogP contribution < -0.4 is 51.7 Å². The van der Waals surface area contributed by atoms with Crippen molar-refractivity contribution in [3.8, 4) is 135 Å². The summed E-state index contributed by atoms with van der Waals surface area (Å²) >= 11 is 0. The lowest BCUT2D eigenvalue weighted by atomic mass is 9.34. The average molecular weight is 1420 g/mol. The highest BCUT2D eigenvalue weighted by Crippen LogP contribution is 2.66. The predicted octanol–water partition coefficient (Wildman–Crippen LogP) is 22.5. The van der Waals surface area contributed by atoms with Crippen molar-refractivity contribution in [2.75, 3.05) is 0 Å². The molecular formula is C106H62B2O4. The molecule has 0 saturated heterocycles. The van der Waals surface area contributed by atoms with E-state index in [4.69, 9.17) is 18.9 Å². The van der Waals surface area contributed by atoms with Gasteiger partial charge in [-0.15, -0.1) is 0 Å². The monoisotopic (exact) mass is 1420 g/mol. The lowest BCUT2D eigenvalue weighted by Gasteiger charge is -2.33. The predicted molar refractivity (Wildman–Crippen MR) is 458 cm³/mol. The zero-order valence-electron chi connectivity index (χ0n) is 60.6. The second-order valence-electron chi connectivity index (χ2n) is 30.9. The Morgan fingerprint density at radius 2 is 0.580 bits per heavy atom. The SMILES string of the molecule is c1ccc2c(c1)Oc1cc(-c3ccccc3-c3ccc4c(c3)C3(c5ccccc5-c5ccccc53)c3ccc5ccccc5c3-4)cc3c1B2c1ccccc1O3.c1ccc2c(c1)Oc1cccc3c1B2c1cccc(-c2ccccc2-c2ccc4cc5c(cc4c2)-c2ccccc2C52c4ccccc4-c4ccccc42)c1O3. The minimum atomic E-state index is -0.444. The normalized spacial score (nSPS) is 14.1. The Hall–Kier alpha value is -14.2. The number of rotatable bonds is 4. The first-order chi connectivity index (χ1) is 55.5. The van der Waals surface area contributed by atoms with Gasteiger partial charge in [0.15, 0.2) is 0 Å². The van der Waals surface area contributed by atoms with Gasteiger partial charge in [-0.1, -0.05) is 309 Å². The summed E-state index contributed by atoms with van der Waals surface area (Å²) in [6, 6.07) is 138. The summed E-state index contributed by atoms with van der Waals surface area (Å²) in [5, 5.41) is 5.03. The Kier molecular flexibility index (Phi) is 12.8. The van der Waals surface area contributed by atoms with E-state index in [-0.39, 0.29) is 18.8 Å². The molecule has 0 atom stereocenters. The summed E-state index contributed by atoms with van der Waals surface area (Å²) < 4.78 is 26.7. The van der Waals surface area contributed by atoms with Gasteiger partial charge in [-0.3, -0.25) is 0 Å². The van der Waals surface area contributed by atoms with E-state index in [1.807, 2.05) is 18.2 Å². The van der Waals surface area contributed by atoms with Gasteiger partial charge < -0.3 is 18.9 Å². The Balaban J connectivity index is 0.000000127. The van der Waals surface area contributed by atoms with Crippen LogP contribution in [0, 0.1) is 0 Å². The first-order valence-electron chi connectivity index (χ1n) is 38.9. The molecular weight excluding hydrogens is 1360 g/mol. The van der Waals surface area contributed by atoms with Gasteiger partial charge in [-0.2, -0.15) is 0 Å². The summed E-state index contributed by atoms with van der Waals surface area (Å²) in [6.07, 6.45) is 0. The molecule has 4 aliphatic heterocycles. The summed E-state index contributed by atoms with van der Waals surface area (Å²) in [6.45, 7) is 0.0664. The van der Waals surface area contributed by atoms with Crippen LogP contribution >= 0.6 is 0 Å². The summed E-state index contributed by atoms with van der Waals surface area (Å²) in [4.78, 5) is 0.